The molecule has 2 heterocycles. The molecule has 0 N–H and O–H groups in total. The molecule has 0 radical (unpaired) electrons. The van der Waals surface area contributed by atoms with Crippen molar-refractivity contribution in [2.45, 2.75) is 19.8 Å². The highest BCUT2D eigenvalue weighted by atomic mass is 15.3. The number of aromatic nitrogens is 1. The molecular weight excluding hydrogens is 258 g/mol. The third-order valence-electron chi connectivity index (χ3n) is 4.16. The smallest absolute Gasteiger partial charge is 0.128 e. The molecule has 1 aromatic heterocycles. The lowest BCUT2D eigenvalue weighted by Gasteiger charge is -2.36. The molecule has 1 fully saturated rings. The molecule has 1 saturated heterocycles. The lowest BCUT2D eigenvalue weighted by atomic mass is 10.1. The molecule has 3 heteroatoms. The highest BCUT2D eigenvalue weighted by molar-refractivity contribution is 5.49. The quantitative estimate of drug-likeness (QED) is 0.858. The van der Waals surface area contributed by atoms with Gasteiger partial charge in [0.15, 0.2) is 0 Å². The van der Waals surface area contributed by atoms with E-state index in [1.165, 1.54) is 11.3 Å². The zero-order chi connectivity index (χ0) is 14.7. The summed E-state index contributed by atoms with van der Waals surface area (Å²) in [5.74, 6) is 1.65. The number of hydrogen-bond acceptors (Lipinski definition) is 3. The molecule has 0 aliphatic carbocycles. The van der Waals surface area contributed by atoms with Crippen molar-refractivity contribution in [3.8, 4) is 0 Å². The van der Waals surface area contributed by atoms with Crippen LogP contribution in [0.15, 0.2) is 48.7 Å². The predicted octanol–water partition coefficient (Wildman–Crippen LogP) is 3.53. The molecule has 0 bridgehead atoms. The number of rotatable bonds is 3. The summed E-state index contributed by atoms with van der Waals surface area (Å²) in [5, 5.41) is 0. The summed E-state index contributed by atoms with van der Waals surface area (Å²) in [6.07, 6.45) is 2.02. The monoisotopic (exact) mass is 281 g/mol. The first-order chi connectivity index (χ1) is 10.2. The van der Waals surface area contributed by atoms with E-state index in [1.54, 1.807) is 0 Å². The number of hydrogen-bond donors (Lipinski definition) is 0. The van der Waals surface area contributed by atoms with Crippen LogP contribution < -0.4 is 9.80 Å². The van der Waals surface area contributed by atoms with E-state index in [1.807, 2.05) is 6.20 Å². The molecule has 1 aromatic carbocycles. The van der Waals surface area contributed by atoms with Crippen LogP contribution >= 0.6 is 0 Å². The van der Waals surface area contributed by atoms with Gasteiger partial charge >= 0.3 is 0 Å². The van der Waals surface area contributed by atoms with Gasteiger partial charge in [0.1, 0.15) is 5.82 Å². The van der Waals surface area contributed by atoms with E-state index in [2.05, 4.69) is 71.1 Å². The largest absolute Gasteiger partial charge is 0.368 e. The number of para-hydroxylation sites is 1. The molecule has 3 rings (SSSR count). The summed E-state index contributed by atoms with van der Waals surface area (Å²) in [6.45, 7) is 8.58. The molecule has 21 heavy (non-hydrogen) atoms. The van der Waals surface area contributed by atoms with Crippen LogP contribution in [0.5, 0.6) is 0 Å². The van der Waals surface area contributed by atoms with Crippen molar-refractivity contribution in [2.24, 2.45) is 0 Å². The summed E-state index contributed by atoms with van der Waals surface area (Å²) < 4.78 is 0. The molecule has 1 aliphatic heterocycles. The van der Waals surface area contributed by atoms with Gasteiger partial charge < -0.3 is 9.80 Å². The fourth-order valence-electron chi connectivity index (χ4n) is 2.76. The first kappa shape index (κ1) is 13.9. The molecule has 2 aromatic rings. The second-order valence-corrected chi connectivity index (χ2v) is 5.91. The lowest BCUT2D eigenvalue weighted by molar-refractivity contribution is 0.647. The highest BCUT2D eigenvalue weighted by Gasteiger charge is 2.18. The summed E-state index contributed by atoms with van der Waals surface area (Å²) in [6, 6.07) is 15.0. The number of benzene rings is 1. The van der Waals surface area contributed by atoms with Gasteiger partial charge in [0.05, 0.1) is 0 Å². The van der Waals surface area contributed by atoms with E-state index >= 15 is 0 Å². The second-order valence-electron chi connectivity index (χ2n) is 5.91. The van der Waals surface area contributed by atoms with Gasteiger partial charge in [-0.3, -0.25) is 0 Å². The Kier molecular flexibility index (Phi) is 4.09. The zero-order valence-electron chi connectivity index (χ0n) is 12.9. The van der Waals surface area contributed by atoms with Crippen molar-refractivity contribution < 1.29 is 0 Å². The van der Waals surface area contributed by atoms with Gasteiger partial charge in [0, 0.05) is 38.1 Å². The van der Waals surface area contributed by atoms with Crippen LogP contribution in [-0.4, -0.2) is 31.2 Å². The molecule has 0 spiro atoms. The van der Waals surface area contributed by atoms with Crippen molar-refractivity contribution in [3.05, 3.63) is 54.2 Å². The van der Waals surface area contributed by atoms with Crippen molar-refractivity contribution in [3.63, 3.8) is 0 Å². The first-order valence-electron chi connectivity index (χ1n) is 7.75. The average Bonchev–Trinajstić information content (AvgIpc) is 2.56. The molecule has 0 amide bonds. The third kappa shape index (κ3) is 3.18. The van der Waals surface area contributed by atoms with E-state index in [0.717, 1.165) is 32.0 Å². The summed E-state index contributed by atoms with van der Waals surface area (Å²) in [7, 11) is 0. The average molecular weight is 281 g/mol. The molecule has 0 saturated carbocycles. The minimum Gasteiger partial charge on any atom is -0.368 e. The van der Waals surface area contributed by atoms with Crippen molar-refractivity contribution >= 4 is 11.5 Å². The van der Waals surface area contributed by atoms with E-state index in [-0.39, 0.29) is 0 Å². The van der Waals surface area contributed by atoms with Gasteiger partial charge in [0.2, 0.25) is 0 Å². The van der Waals surface area contributed by atoms with Gasteiger partial charge in [-0.25, -0.2) is 4.98 Å². The fourth-order valence-corrected chi connectivity index (χ4v) is 2.76. The SMILES string of the molecule is CC(C)c1ccc(N2CCN(c3ccccc3)CC2)nc1. The predicted molar refractivity (Wildman–Crippen MR) is 89.2 cm³/mol. The van der Waals surface area contributed by atoms with Crippen molar-refractivity contribution in [1.29, 1.82) is 0 Å². The van der Waals surface area contributed by atoms with Gasteiger partial charge in [-0.2, -0.15) is 0 Å². The standard InChI is InChI=1S/C18H23N3/c1-15(2)16-8-9-18(19-14-16)21-12-10-20(11-13-21)17-6-4-3-5-7-17/h3-9,14-15H,10-13H2,1-2H3. The molecule has 3 nitrogen and oxygen atoms in total. The van der Waals surface area contributed by atoms with E-state index in [0.29, 0.717) is 5.92 Å². The van der Waals surface area contributed by atoms with Gasteiger partial charge in [-0.1, -0.05) is 38.1 Å². The lowest BCUT2D eigenvalue weighted by Crippen LogP contribution is -2.46. The van der Waals surface area contributed by atoms with Crippen LogP contribution in [0.2, 0.25) is 0 Å². The minimum absolute atomic E-state index is 0.543. The Morgan fingerprint density at radius 2 is 1.52 bits per heavy atom. The maximum absolute atomic E-state index is 4.63. The summed E-state index contributed by atoms with van der Waals surface area (Å²) in [4.78, 5) is 9.45. The van der Waals surface area contributed by atoms with E-state index in [9.17, 15) is 0 Å². The number of piperazine rings is 1. The van der Waals surface area contributed by atoms with Crippen LogP contribution in [-0.2, 0) is 0 Å². The highest BCUT2D eigenvalue weighted by Crippen LogP contribution is 2.20. The maximum atomic E-state index is 4.63. The van der Waals surface area contributed by atoms with Crippen LogP contribution in [0.3, 0.4) is 0 Å². The fraction of sp³-hybridized carbons (Fsp3) is 0.389. The number of anilines is 2. The van der Waals surface area contributed by atoms with Crippen molar-refractivity contribution in [2.75, 3.05) is 36.0 Å². The maximum Gasteiger partial charge on any atom is 0.128 e. The normalized spacial score (nSPS) is 15.6. The Bertz CT molecular complexity index is 555. The minimum atomic E-state index is 0.543. The van der Waals surface area contributed by atoms with Crippen molar-refractivity contribution in [1.82, 2.24) is 4.98 Å². The second kappa shape index (κ2) is 6.17. The van der Waals surface area contributed by atoms with Gasteiger partial charge in [0.25, 0.3) is 0 Å². The van der Waals surface area contributed by atoms with E-state index in [4.69, 9.17) is 0 Å². The Hall–Kier alpha value is -2.03. The van der Waals surface area contributed by atoms with Crippen LogP contribution in [0.4, 0.5) is 11.5 Å². The molecule has 1 aliphatic rings. The molecular formula is C18H23N3. The third-order valence-corrected chi connectivity index (χ3v) is 4.16. The Balaban J connectivity index is 1.63. The molecule has 0 atom stereocenters. The van der Waals surface area contributed by atoms with Gasteiger partial charge in [-0.15, -0.1) is 0 Å². The van der Waals surface area contributed by atoms with E-state index < -0.39 is 0 Å². The Labute approximate surface area is 127 Å². The number of nitrogens with zero attached hydrogens (tertiary/aromatic N) is 3. The zero-order valence-corrected chi connectivity index (χ0v) is 12.9. The van der Waals surface area contributed by atoms with Gasteiger partial charge in [-0.05, 0) is 29.7 Å². The first-order valence-corrected chi connectivity index (χ1v) is 7.75. The van der Waals surface area contributed by atoms with Crippen LogP contribution in [0.25, 0.3) is 0 Å². The summed E-state index contributed by atoms with van der Waals surface area (Å²) >= 11 is 0. The molecule has 110 valence electrons. The van der Waals surface area contributed by atoms with Crippen LogP contribution in [0, 0.1) is 0 Å². The Morgan fingerprint density at radius 3 is 2.10 bits per heavy atom. The topological polar surface area (TPSA) is 19.4 Å². The summed E-state index contributed by atoms with van der Waals surface area (Å²) in [5.41, 5.74) is 2.63. The number of pyridine rings is 1. The Morgan fingerprint density at radius 1 is 0.857 bits per heavy atom. The van der Waals surface area contributed by atoms with Crippen LogP contribution in [0.1, 0.15) is 25.3 Å². The molecule has 0 unspecified atom stereocenters.